The van der Waals surface area contributed by atoms with Crippen LogP contribution < -0.4 is 5.32 Å². The average Bonchev–Trinajstić information content (AvgIpc) is 2.90. The Kier molecular flexibility index (Phi) is 2.88. The zero-order valence-electron chi connectivity index (χ0n) is 10.4. The highest BCUT2D eigenvalue weighted by atomic mass is 35.5. The van der Waals surface area contributed by atoms with Crippen molar-refractivity contribution in [2.75, 3.05) is 7.05 Å². The third-order valence-electron chi connectivity index (χ3n) is 3.58. The molecule has 0 bridgehead atoms. The van der Waals surface area contributed by atoms with Gasteiger partial charge in [-0.3, -0.25) is 0 Å². The van der Waals surface area contributed by atoms with E-state index in [-0.39, 0.29) is 12.1 Å². The largest absolute Gasteiger partial charge is 0.371 e. The summed E-state index contributed by atoms with van der Waals surface area (Å²) < 4.78 is 0. The van der Waals surface area contributed by atoms with Crippen molar-refractivity contribution in [3.8, 4) is 0 Å². The van der Waals surface area contributed by atoms with Crippen molar-refractivity contribution in [1.82, 2.24) is 15.2 Å². The molecule has 2 aromatic rings. The van der Waals surface area contributed by atoms with Crippen molar-refractivity contribution in [3.63, 3.8) is 0 Å². The van der Waals surface area contributed by atoms with Gasteiger partial charge in [0, 0.05) is 18.6 Å². The van der Waals surface area contributed by atoms with Crippen molar-refractivity contribution in [2.45, 2.75) is 18.7 Å². The minimum Gasteiger partial charge on any atom is -0.371 e. The number of H-pyrrole nitrogens is 1. The predicted octanol–water partition coefficient (Wildman–Crippen LogP) is 1.71. The molecule has 0 saturated carbocycles. The van der Waals surface area contributed by atoms with Gasteiger partial charge in [0.15, 0.2) is 6.23 Å². The number of halogens is 1. The van der Waals surface area contributed by atoms with E-state index in [1.54, 1.807) is 7.05 Å². The number of amides is 2. The molecule has 1 aromatic carbocycles. The number of aliphatic hydroxyl groups excluding tert-OH is 1. The molecule has 1 aromatic heterocycles. The van der Waals surface area contributed by atoms with Gasteiger partial charge in [-0.15, -0.1) is 0 Å². The number of hydrogen-bond donors (Lipinski definition) is 3. The summed E-state index contributed by atoms with van der Waals surface area (Å²) in [6, 6.07) is 5.12. The number of fused-ring (bicyclic) bond motifs is 1. The summed E-state index contributed by atoms with van der Waals surface area (Å²) in [6.07, 6.45) is 1.61. The molecule has 1 saturated heterocycles. The Balaban J connectivity index is 1.90. The van der Waals surface area contributed by atoms with Gasteiger partial charge in [0.1, 0.15) is 0 Å². The van der Waals surface area contributed by atoms with Crippen LogP contribution >= 0.6 is 11.6 Å². The summed E-state index contributed by atoms with van der Waals surface area (Å²) in [7, 11) is 1.58. The van der Waals surface area contributed by atoms with Crippen molar-refractivity contribution in [3.05, 3.63) is 35.0 Å². The topological polar surface area (TPSA) is 68.4 Å². The van der Waals surface area contributed by atoms with Gasteiger partial charge >= 0.3 is 6.03 Å². The van der Waals surface area contributed by atoms with Gasteiger partial charge in [0.05, 0.1) is 16.6 Å². The van der Waals surface area contributed by atoms with E-state index < -0.39 is 6.23 Å². The molecular formula is C13H14ClN3O2. The lowest BCUT2D eigenvalue weighted by molar-refractivity contribution is 0.0564. The zero-order valence-corrected chi connectivity index (χ0v) is 11.1. The highest BCUT2D eigenvalue weighted by molar-refractivity contribution is 6.35. The number of hydrogen-bond acceptors (Lipinski definition) is 2. The Morgan fingerprint density at radius 2 is 2.26 bits per heavy atom. The first-order valence-corrected chi connectivity index (χ1v) is 6.41. The fraction of sp³-hybridized carbons (Fsp3) is 0.308. The minimum absolute atomic E-state index is 0.254. The molecule has 1 fully saturated rings. The number of carbonyl (C=O) groups is 1. The third-order valence-corrected chi connectivity index (χ3v) is 3.89. The summed E-state index contributed by atoms with van der Waals surface area (Å²) in [5.41, 5.74) is 1.91. The monoisotopic (exact) mass is 279 g/mol. The van der Waals surface area contributed by atoms with E-state index in [4.69, 9.17) is 11.6 Å². The molecule has 1 aliphatic heterocycles. The Bertz CT molecular complexity index is 640. The van der Waals surface area contributed by atoms with Gasteiger partial charge in [0.25, 0.3) is 0 Å². The van der Waals surface area contributed by atoms with Gasteiger partial charge in [0.2, 0.25) is 0 Å². The number of urea groups is 1. The Morgan fingerprint density at radius 1 is 1.47 bits per heavy atom. The minimum atomic E-state index is -0.809. The van der Waals surface area contributed by atoms with Crippen LogP contribution in [0.25, 0.3) is 10.9 Å². The highest BCUT2D eigenvalue weighted by Crippen LogP contribution is 2.27. The molecule has 2 atom stereocenters. The van der Waals surface area contributed by atoms with Crippen molar-refractivity contribution >= 4 is 28.5 Å². The van der Waals surface area contributed by atoms with Crippen LogP contribution in [0, 0.1) is 0 Å². The number of aliphatic hydroxyl groups is 1. The molecule has 3 rings (SSSR count). The van der Waals surface area contributed by atoms with Crippen LogP contribution in [0.4, 0.5) is 4.79 Å². The van der Waals surface area contributed by atoms with E-state index in [1.807, 2.05) is 24.4 Å². The zero-order chi connectivity index (χ0) is 13.6. The molecule has 2 unspecified atom stereocenters. The maximum absolute atomic E-state index is 11.5. The van der Waals surface area contributed by atoms with Crippen LogP contribution in [-0.2, 0) is 6.42 Å². The second kappa shape index (κ2) is 4.43. The summed E-state index contributed by atoms with van der Waals surface area (Å²) in [5, 5.41) is 14.4. The predicted molar refractivity (Wildman–Crippen MR) is 73.1 cm³/mol. The van der Waals surface area contributed by atoms with E-state index in [0.717, 1.165) is 16.5 Å². The van der Waals surface area contributed by atoms with Gasteiger partial charge in [-0.25, -0.2) is 4.79 Å². The van der Waals surface area contributed by atoms with Crippen LogP contribution in [0.2, 0.25) is 5.02 Å². The third kappa shape index (κ3) is 1.95. The molecule has 3 N–H and O–H groups in total. The van der Waals surface area contributed by atoms with Crippen LogP contribution in [0.1, 0.15) is 5.56 Å². The smallest absolute Gasteiger partial charge is 0.319 e. The molecule has 5 nitrogen and oxygen atoms in total. The normalized spacial score (nSPS) is 23.1. The SMILES string of the molecule is CN1C(=O)NC(Cc2c[nH]c3c(Cl)cccc23)C1O. The number of nitrogens with zero attached hydrogens (tertiary/aromatic N) is 1. The summed E-state index contributed by atoms with van der Waals surface area (Å²) in [5.74, 6) is 0. The number of nitrogens with one attached hydrogen (secondary N) is 2. The molecule has 0 spiro atoms. The van der Waals surface area contributed by atoms with Crippen molar-refractivity contribution in [1.29, 1.82) is 0 Å². The lowest BCUT2D eigenvalue weighted by Crippen LogP contribution is -2.35. The number of rotatable bonds is 2. The Hall–Kier alpha value is -1.72. The summed E-state index contributed by atoms with van der Waals surface area (Å²) in [6.45, 7) is 0. The van der Waals surface area contributed by atoms with Gasteiger partial charge in [-0.1, -0.05) is 23.7 Å². The maximum Gasteiger partial charge on any atom is 0.319 e. The van der Waals surface area contributed by atoms with E-state index in [9.17, 15) is 9.90 Å². The number of carbonyl (C=O) groups excluding carboxylic acids is 1. The highest BCUT2D eigenvalue weighted by Gasteiger charge is 2.35. The molecule has 0 aliphatic carbocycles. The van der Waals surface area contributed by atoms with Crippen LogP contribution in [0.5, 0.6) is 0 Å². The molecule has 2 amide bonds. The second-order valence-electron chi connectivity index (χ2n) is 4.76. The number of para-hydroxylation sites is 1. The lowest BCUT2D eigenvalue weighted by Gasteiger charge is -2.16. The second-order valence-corrected chi connectivity index (χ2v) is 5.17. The quantitative estimate of drug-likeness (QED) is 0.783. The first-order valence-electron chi connectivity index (χ1n) is 6.04. The molecule has 0 radical (unpaired) electrons. The number of likely N-dealkylation sites (N-methyl/N-ethyl adjacent to an activating group) is 1. The van der Waals surface area contributed by atoms with Gasteiger partial charge in [-0.05, 0) is 18.1 Å². The first-order chi connectivity index (χ1) is 9.08. The van der Waals surface area contributed by atoms with Gasteiger partial charge in [-0.2, -0.15) is 0 Å². The van der Waals surface area contributed by atoms with E-state index in [1.165, 1.54) is 4.90 Å². The number of aromatic nitrogens is 1. The van der Waals surface area contributed by atoms with Crippen LogP contribution in [0.15, 0.2) is 24.4 Å². The van der Waals surface area contributed by atoms with Crippen LogP contribution in [0.3, 0.4) is 0 Å². The Labute approximate surface area is 115 Å². The molecule has 1 aliphatic rings. The molecule has 19 heavy (non-hydrogen) atoms. The molecule has 6 heteroatoms. The van der Waals surface area contributed by atoms with E-state index in [0.29, 0.717) is 11.4 Å². The van der Waals surface area contributed by atoms with Crippen molar-refractivity contribution in [2.24, 2.45) is 0 Å². The van der Waals surface area contributed by atoms with Crippen molar-refractivity contribution < 1.29 is 9.90 Å². The van der Waals surface area contributed by atoms with Crippen LogP contribution in [-0.4, -0.2) is 40.3 Å². The van der Waals surface area contributed by atoms with E-state index >= 15 is 0 Å². The lowest BCUT2D eigenvalue weighted by atomic mass is 10.0. The number of benzene rings is 1. The standard InChI is InChI=1S/C13H14ClN3O2/c1-17-12(18)10(16-13(17)19)5-7-6-15-11-8(7)3-2-4-9(11)14/h2-4,6,10,12,15,18H,5H2,1H3,(H,16,19). The fourth-order valence-electron chi connectivity index (χ4n) is 2.46. The maximum atomic E-state index is 11.5. The summed E-state index contributed by atoms with van der Waals surface area (Å²) in [4.78, 5) is 15.9. The fourth-order valence-corrected chi connectivity index (χ4v) is 2.69. The summed E-state index contributed by atoms with van der Waals surface area (Å²) >= 11 is 6.10. The Morgan fingerprint density at radius 3 is 2.95 bits per heavy atom. The van der Waals surface area contributed by atoms with E-state index in [2.05, 4.69) is 10.3 Å². The molecule has 2 heterocycles. The number of aromatic amines is 1. The molecule has 100 valence electrons. The van der Waals surface area contributed by atoms with Gasteiger partial charge < -0.3 is 20.3 Å². The first kappa shape index (κ1) is 12.3. The average molecular weight is 280 g/mol. The molecular weight excluding hydrogens is 266 g/mol.